The van der Waals surface area contributed by atoms with Crippen molar-refractivity contribution in [3.05, 3.63) is 48.3 Å². The summed E-state index contributed by atoms with van der Waals surface area (Å²) < 4.78 is 7.19. The summed E-state index contributed by atoms with van der Waals surface area (Å²) in [6.45, 7) is 2.51. The number of ether oxygens (including phenoxy) is 1. The Kier molecular flexibility index (Phi) is 4.95. The lowest BCUT2D eigenvalue weighted by Gasteiger charge is -2.18. The van der Waals surface area contributed by atoms with Crippen molar-refractivity contribution in [3.63, 3.8) is 0 Å². The molecule has 2 heterocycles. The van der Waals surface area contributed by atoms with Crippen molar-refractivity contribution < 1.29 is 9.53 Å². The number of para-hydroxylation sites is 1. The molecule has 0 bridgehead atoms. The van der Waals surface area contributed by atoms with E-state index in [2.05, 4.69) is 34.3 Å². The van der Waals surface area contributed by atoms with Crippen molar-refractivity contribution in [1.29, 1.82) is 0 Å². The fourth-order valence-electron chi connectivity index (χ4n) is 2.97. The Morgan fingerprint density at radius 2 is 2.17 bits per heavy atom. The fraction of sp³-hybridized carbons (Fsp3) is 0.444. The molecule has 23 heavy (non-hydrogen) atoms. The highest BCUT2D eigenvalue weighted by atomic mass is 16.5. The van der Waals surface area contributed by atoms with E-state index < -0.39 is 0 Å². The molecule has 1 aliphatic rings. The number of carbonyl (C=O) groups excluding carboxylic acids is 1. The molecule has 1 aromatic heterocycles. The monoisotopic (exact) mass is 313 g/mol. The van der Waals surface area contributed by atoms with Crippen molar-refractivity contribution in [2.75, 3.05) is 24.6 Å². The first-order chi connectivity index (χ1) is 11.2. The number of esters is 1. The highest BCUT2D eigenvalue weighted by Gasteiger charge is 2.23. The Morgan fingerprint density at radius 1 is 1.35 bits per heavy atom. The molecule has 5 heteroatoms. The minimum absolute atomic E-state index is 0.119. The van der Waals surface area contributed by atoms with Crippen molar-refractivity contribution in [3.8, 4) is 0 Å². The van der Waals surface area contributed by atoms with Crippen molar-refractivity contribution in [2.24, 2.45) is 13.0 Å². The third-order valence-corrected chi connectivity index (χ3v) is 4.26. The molecule has 0 amide bonds. The Labute approximate surface area is 136 Å². The molecule has 0 N–H and O–H groups in total. The van der Waals surface area contributed by atoms with Crippen molar-refractivity contribution >= 4 is 11.7 Å². The minimum atomic E-state index is -0.119. The van der Waals surface area contributed by atoms with Crippen LogP contribution in [-0.4, -0.2) is 35.4 Å². The molecule has 0 saturated carbocycles. The number of anilines is 1. The molecule has 0 spiro atoms. The molecule has 1 aliphatic heterocycles. The van der Waals surface area contributed by atoms with Gasteiger partial charge in [0.15, 0.2) is 0 Å². The van der Waals surface area contributed by atoms with Gasteiger partial charge in [0.2, 0.25) is 0 Å². The van der Waals surface area contributed by atoms with Gasteiger partial charge in [-0.05, 0) is 30.5 Å². The molecule has 5 nitrogen and oxygen atoms in total. The van der Waals surface area contributed by atoms with E-state index in [0.717, 1.165) is 25.1 Å². The predicted octanol–water partition coefficient (Wildman–Crippen LogP) is 2.42. The Balaban J connectivity index is 1.38. The summed E-state index contributed by atoms with van der Waals surface area (Å²) >= 11 is 0. The summed E-state index contributed by atoms with van der Waals surface area (Å²) in [5.74, 6) is 0.310. The SMILES string of the molecule is Cn1cc(CCC(=O)OCC2CCN(c3ccccc3)C2)cn1. The van der Waals surface area contributed by atoms with Gasteiger partial charge in [0, 0.05) is 44.4 Å². The minimum Gasteiger partial charge on any atom is -0.465 e. The second-order valence-corrected chi connectivity index (χ2v) is 6.14. The van der Waals surface area contributed by atoms with Crippen LogP contribution in [0.2, 0.25) is 0 Å². The van der Waals surface area contributed by atoms with E-state index in [4.69, 9.17) is 4.74 Å². The molecule has 1 atom stereocenters. The molecular formula is C18H23N3O2. The van der Waals surface area contributed by atoms with Gasteiger partial charge < -0.3 is 9.64 Å². The first-order valence-electron chi connectivity index (χ1n) is 8.14. The lowest BCUT2D eigenvalue weighted by atomic mass is 10.1. The normalized spacial score (nSPS) is 17.4. The zero-order chi connectivity index (χ0) is 16.1. The third kappa shape index (κ3) is 4.34. The molecule has 1 unspecified atom stereocenters. The number of aryl methyl sites for hydroxylation is 2. The van der Waals surface area contributed by atoms with Crippen LogP contribution in [0.1, 0.15) is 18.4 Å². The first-order valence-corrected chi connectivity index (χ1v) is 8.14. The van der Waals surface area contributed by atoms with Crippen LogP contribution in [0.3, 0.4) is 0 Å². The quantitative estimate of drug-likeness (QED) is 0.769. The highest BCUT2D eigenvalue weighted by molar-refractivity contribution is 5.69. The largest absolute Gasteiger partial charge is 0.465 e. The summed E-state index contributed by atoms with van der Waals surface area (Å²) in [4.78, 5) is 14.2. The lowest BCUT2D eigenvalue weighted by Crippen LogP contribution is -2.22. The van der Waals surface area contributed by atoms with E-state index in [-0.39, 0.29) is 5.97 Å². The smallest absolute Gasteiger partial charge is 0.306 e. The van der Waals surface area contributed by atoms with Crippen LogP contribution in [-0.2, 0) is 23.0 Å². The Hall–Kier alpha value is -2.30. The van der Waals surface area contributed by atoms with E-state index in [1.165, 1.54) is 5.69 Å². The summed E-state index contributed by atoms with van der Waals surface area (Å²) in [5, 5.41) is 4.10. The van der Waals surface area contributed by atoms with E-state index in [9.17, 15) is 4.79 Å². The van der Waals surface area contributed by atoms with E-state index in [0.29, 0.717) is 25.4 Å². The van der Waals surface area contributed by atoms with Crippen LogP contribution in [0.4, 0.5) is 5.69 Å². The maximum Gasteiger partial charge on any atom is 0.306 e. The second kappa shape index (κ2) is 7.31. The Bertz CT molecular complexity index is 639. The van der Waals surface area contributed by atoms with E-state index in [1.54, 1.807) is 10.9 Å². The molecular weight excluding hydrogens is 290 g/mol. The molecule has 122 valence electrons. The van der Waals surface area contributed by atoms with Crippen LogP contribution in [0.15, 0.2) is 42.7 Å². The fourth-order valence-corrected chi connectivity index (χ4v) is 2.97. The topological polar surface area (TPSA) is 47.4 Å². The molecule has 0 radical (unpaired) electrons. The predicted molar refractivity (Wildman–Crippen MR) is 89.3 cm³/mol. The first kappa shape index (κ1) is 15.6. The van der Waals surface area contributed by atoms with Gasteiger partial charge >= 0.3 is 5.97 Å². The Morgan fingerprint density at radius 3 is 2.91 bits per heavy atom. The summed E-state index contributed by atoms with van der Waals surface area (Å²) in [6.07, 6.45) is 5.91. The van der Waals surface area contributed by atoms with Crippen LogP contribution < -0.4 is 4.90 Å². The third-order valence-electron chi connectivity index (χ3n) is 4.26. The van der Waals surface area contributed by atoms with Gasteiger partial charge in [0.05, 0.1) is 12.8 Å². The van der Waals surface area contributed by atoms with Gasteiger partial charge in [-0.15, -0.1) is 0 Å². The van der Waals surface area contributed by atoms with Gasteiger partial charge in [-0.1, -0.05) is 18.2 Å². The average Bonchev–Trinajstić information content (AvgIpc) is 3.21. The van der Waals surface area contributed by atoms with Crippen LogP contribution in [0.5, 0.6) is 0 Å². The van der Waals surface area contributed by atoms with Gasteiger partial charge in [0.25, 0.3) is 0 Å². The van der Waals surface area contributed by atoms with Gasteiger partial charge in [-0.2, -0.15) is 5.10 Å². The highest BCUT2D eigenvalue weighted by Crippen LogP contribution is 2.23. The number of rotatable bonds is 6. The number of benzene rings is 1. The molecule has 3 rings (SSSR count). The van der Waals surface area contributed by atoms with Gasteiger partial charge in [-0.25, -0.2) is 0 Å². The zero-order valence-corrected chi connectivity index (χ0v) is 13.5. The van der Waals surface area contributed by atoms with Crippen molar-refractivity contribution in [1.82, 2.24) is 9.78 Å². The number of hydrogen-bond acceptors (Lipinski definition) is 4. The number of nitrogens with zero attached hydrogens (tertiary/aromatic N) is 3. The maximum absolute atomic E-state index is 11.9. The molecule has 0 aliphatic carbocycles. The molecule has 1 saturated heterocycles. The summed E-state index contributed by atoms with van der Waals surface area (Å²) in [6, 6.07) is 10.4. The number of aromatic nitrogens is 2. The number of hydrogen-bond donors (Lipinski definition) is 0. The average molecular weight is 313 g/mol. The van der Waals surface area contributed by atoms with Crippen LogP contribution in [0, 0.1) is 5.92 Å². The molecule has 1 aromatic carbocycles. The molecule has 2 aromatic rings. The standard InChI is InChI=1S/C18H23N3O2/c1-20-12-15(11-19-20)7-8-18(22)23-14-16-9-10-21(13-16)17-5-3-2-4-6-17/h2-6,11-12,16H,7-10,13-14H2,1H3. The summed E-state index contributed by atoms with van der Waals surface area (Å²) in [7, 11) is 1.88. The summed E-state index contributed by atoms with van der Waals surface area (Å²) in [5.41, 5.74) is 2.32. The number of carbonyl (C=O) groups is 1. The maximum atomic E-state index is 11.9. The van der Waals surface area contributed by atoms with E-state index >= 15 is 0 Å². The van der Waals surface area contributed by atoms with Gasteiger partial charge in [0.1, 0.15) is 0 Å². The van der Waals surface area contributed by atoms with Crippen LogP contribution >= 0.6 is 0 Å². The van der Waals surface area contributed by atoms with Crippen molar-refractivity contribution in [2.45, 2.75) is 19.3 Å². The second-order valence-electron chi connectivity index (χ2n) is 6.14. The van der Waals surface area contributed by atoms with Crippen LogP contribution in [0.25, 0.3) is 0 Å². The lowest BCUT2D eigenvalue weighted by molar-refractivity contribution is -0.144. The molecule has 1 fully saturated rings. The zero-order valence-electron chi connectivity index (χ0n) is 13.5. The van der Waals surface area contributed by atoms with E-state index in [1.807, 2.05) is 19.3 Å². The van der Waals surface area contributed by atoms with Gasteiger partial charge in [-0.3, -0.25) is 9.48 Å².